The van der Waals surface area contributed by atoms with Gasteiger partial charge in [0.25, 0.3) is 0 Å². The molecule has 0 saturated heterocycles. The zero-order valence-corrected chi connectivity index (χ0v) is 6.19. The molecule has 0 spiro atoms. The predicted octanol–water partition coefficient (Wildman–Crippen LogP) is 0.265. The van der Waals surface area contributed by atoms with E-state index in [9.17, 15) is 0 Å². The predicted molar refractivity (Wildman–Crippen MR) is 44.4 cm³/mol. The molecule has 3 nitrogen and oxygen atoms in total. The summed E-state index contributed by atoms with van der Waals surface area (Å²) in [6.45, 7) is 0.187. The van der Waals surface area contributed by atoms with Gasteiger partial charge in [-0.3, -0.25) is 0 Å². The number of hydrogen-bond donors (Lipinski definition) is 1. The monoisotopic (exact) mass is 151 g/mol. The number of hydrogen-bond acceptors (Lipinski definition) is 3. The molecule has 0 saturated carbocycles. The normalized spacial score (nSPS) is 9.18. The van der Waals surface area contributed by atoms with Crippen molar-refractivity contribution in [1.29, 1.82) is 0 Å². The Balaban J connectivity index is 2.28. The second kappa shape index (κ2) is 4.76. The van der Waals surface area contributed by atoms with Crippen molar-refractivity contribution in [3.05, 3.63) is 30.3 Å². The molecular formula is C7H10BNO2. The maximum Gasteiger partial charge on any atom is 0.507 e. The maximum atomic E-state index is 5.14. The van der Waals surface area contributed by atoms with E-state index in [-0.39, 0.29) is 14.4 Å². The van der Waals surface area contributed by atoms with Crippen LogP contribution in [0, 0.1) is 0 Å². The molecule has 0 unspecified atom stereocenters. The summed E-state index contributed by atoms with van der Waals surface area (Å²) in [5.74, 6) is 0.793. The zero-order chi connectivity index (χ0) is 7.94. The van der Waals surface area contributed by atoms with E-state index in [0.29, 0.717) is 0 Å². The number of nitrogens with two attached hydrogens (primary N) is 1. The van der Waals surface area contributed by atoms with Crippen LogP contribution < -0.4 is 10.4 Å². The third kappa shape index (κ3) is 3.07. The molecule has 0 heterocycles. The Hall–Kier alpha value is -0.995. The molecule has 0 amide bonds. The van der Waals surface area contributed by atoms with Gasteiger partial charge in [0.15, 0.2) is 0 Å². The average molecular weight is 151 g/mol. The van der Waals surface area contributed by atoms with E-state index in [0.717, 1.165) is 5.75 Å². The molecule has 0 aliphatic heterocycles. The van der Waals surface area contributed by atoms with Crippen LogP contribution in [0.3, 0.4) is 0 Å². The molecule has 0 aliphatic rings. The van der Waals surface area contributed by atoms with Crippen molar-refractivity contribution >= 4 is 7.69 Å². The van der Waals surface area contributed by atoms with Gasteiger partial charge >= 0.3 is 7.69 Å². The summed E-state index contributed by atoms with van der Waals surface area (Å²) < 4.78 is 9.94. The first-order chi connectivity index (χ1) is 5.43. The van der Waals surface area contributed by atoms with Gasteiger partial charge in [-0.1, -0.05) is 18.2 Å². The van der Waals surface area contributed by atoms with Crippen LogP contribution in [-0.4, -0.2) is 14.4 Å². The molecule has 1 rings (SSSR count). The second-order valence-corrected chi connectivity index (χ2v) is 1.95. The Morgan fingerprint density at radius 1 is 1.27 bits per heavy atom. The van der Waals surface area contributed by atoms with Crippen LogP contribution in [0.4, 0.5) is 0 Å². The average Bonchev–Trinajstić information content (AvgIpc) is 2.07. The molecule has 0 aliphatic carbocycles. The van der Waals surface area contributed by atoms with E-state index in [1.165, 1.54) is 0 Å². The summed E-state index contributed by atoms with van der Waals surface area (Å²) in [5.41, 5.74) is 5.09. The Labute approximate surface area is 66.4 Å². The van der Waals surface area contributed by atoms with Gasteiger partial charge in [0.1, 0.15) is 5.75 Å². The summed E-state index contributed by atoms with van der Waals surface area (Å²) in [6.07, 6.45) is 0. The fourth-order valence-corrected chi connectivity index (χ4v) is 0.675. The van der Waals surface area contributed by atoms with Crippen LogP contribution in [0.2, 0.25) is 0 Å². The Morgan fingerprint density at radius 2 is 2.00 bits per heavy atom. The minimum Gasteiger partial charge on any atom is -0.539 e. The quantitative estimate of drug-likeness (QED) is 0.381. The summed E-state index contributed by atoms with van der Waals surface area (Å²) in [5, 5.41) is 0. The lowest BCUT2D eigenvalue weighted by molar-refractivity contribution is 0.299. The van der Waals surface area contributed by atoms with Crippen molar-refractivity contribution < 1.29 is 9.31 Å². The first kappa shape index (κ1) is 8.10. The largest absolute Gasteiger partial charge is 0.539 e. The van der Waals surface area contributed by atoms with Crippen molar-refractivity contribution in [3.8, 4) is 5.75 Å². The minimum atomic E-state index is 0.187. The van der Waals surface area contributed by atoms with Gasteiger partial charge < -0.3 is 15.0 Å². The molecule has 2 N–H and O–H groups in total. The van der Waals surface area contributed by atoms with Crippen LogP contribution in [0.5, 0.6) is 5.75 Å². The number of benzene rings is 1. The molecule has 4 heteroatoms. The SMILES string of the molecule is NCOBOc1ccccc1. The fraction of sp³-hybridized carbons (Fsp3) is 0.143. The molecule has 1 aromatic rings. The highest BCUT2D eigenvalue weighted by Crippen LogP contribution is 2.06. The van der Waals surface area contributed by atoms with Gasteiger partial charge in [0, 0.05) is 0 Å². The van der Waals surface area contributed by atoms with Gasteiger partial charge in [-0.05, 0) is 12.1 Å². The van der Waals surface area contributed by atoms with E-state index in [4.69, 9.17) is 15.0 Å². The van der Waals surface area contributed by atoms with Gasteiger partial charge in [0.05, 0.1) is 6.73 Å². The van der Waals surface area contributed by atoms with Crippen molar-refractivity contribution in [2.24, 2.45) is 5.73 Å². The minimum absolute atomic E-state index is 0.187. The summed E-state index contributed by atoms with van der Waals surface area (Å²) in [4.78, 5) is 0. The first-order valence-corrected chi connectivity index (χ1v) is 3.39. The molecule has 0 atom stereocenters. The Morgan fingerprint density at radius 3 is 2.64 bits per heavy atom. The molecule has 0 radical (unpaired) electrons. The topological polar surface area (TPSA) is 44.5 Å². The van der Waals surface area contributed by atoms with Crippen LogP contribution in [0.25, 0.3) is 0 Å². The molecule has 0 aromatic heterocycles. The molecule has 0 bridgehead atoms. The van der Waals surface area contributed by atoms with Crippen molar-refractivity contribution in [2.45, 2.75) is 0 Å². The molecular weight excluding hydrogens is 141 g/mol. The third-order valence-electron chi connectivity index (χ3n) is 1.17. The molecule has 1 aromatic carbocycles. The van der Waals surface area contributed by atoms with E-state index < -0.39 is 0 Å². The van der Waals surface area contributed by atoms with Gasteiger partial charge in [-0.2, -0.15) is 0 Å². The van der Waals surface area contributed by atoms with E-state index in [1.54, 1.807) is 0 Å². The van der Waals surface area contributed by atoms with Crippen LogP contribution in [0.15, 0.2) is 30.3 Å². The lowest BCUT2D eigenvalue weighted by atomic mass is 10.3. The number of rotatable bonds is 4. The van der Waals surface area contributed by atoms with E-state index in [2.05, 4.69) is 0 Å². The van der Waals surface area contributed by atoms with Gasteiger partial charge in [0.2, 0.25) is 0 Å². The lowest BCUT2D eigenvalue weighted by Crippen LogP contribution is -2.13. The smallest absolute Gasteiger partial charge is 0.507 e. The van der Waals surface area contributed by atoms with Crippen LogP contribution in [-0.2, 0) is 4.65 Å². The molecule has 11 heavy (non-hydrogen) atoms. The third-order valence-corrected chi connectivity index (χ3v) is 1.17. The Kier molecular flexibility index (Phi) is 3.51. The van der Waals surface area contributed by atoms with Gasteiger partial charge in [-0.15, -0.1) is 0 Å². The highest BCUT2D eigenvalue weighted by atomic mass is 16.6. The second-order valence-electron chi connectivity index (χ2n) is 1.95. The zero-order valence-electron chi connectivity index (χ0n) is 6.19. The molecule has 0 fully saturated rings. The maximum absolute atomic E-state index is 5.14. The standard InChI is InChI=1S/C7H10BNO2/c9-6-10-8-11-7-4-2-1-3-5-7/h1-5,8H,6,9H2. The Bertz CT molecular complexity index is 193. The van der Waals surface area contributed by atoms with Crippen molar-refractivity contribution in [3.63, 3.8) is 0 Å². The number of para-hydroxylation sites is 1. The summed E-state index contributed by atoms with van der Waals surface area (Å²) in [7, 11) is 0.209. The van der Waals surface area contributed by atoms with Crippen LogP contribution in [0.1, 0.15) is 0 Å². The summed E-state index contributed by atoms with van der Waals surface area (Å²) >= 11 is 0. The van der Waals surface area contributed by atoms with Crippen molar-refractivity contribution in [2.75, 3.05) is 6.73 Å². The van der Waals surface area contributed by atoms with Crippen molar-refractivity contribution in [1.82, 2.24) is 0 Å². The first-order valence-electron chi connectivity index (χ1n) is 3.39. The molecule has 58 valence electrons. The van der Waals surface area contributed by atoms with E-state index >= 15 is 0 Å². The highest BCUT2D eigenvalue weighted by Gasteiger charge is 1.92. The van der Waals surface area contributed by atoms with E-state index in [1.807, 2.05) is 30.3 Å². The van der Waals surface area contributed by atoms with Gasteiger partial charge in [-0.25, -0.2) is 0 Å². The fourth-order valence-electron chi connectivity index (χ4n) is 0.675. The van der Waals surface area contributed by atoms with Crippen LogP contribution >= 0.6 is 0 Å². The highest BCUT2D eigenvalue weighted by molar-refractivity contribution is 6.19. The lowest BCUT2D eigenvalue weighted by Gasteiger charge is -2.02. The summed E-state index contributed by atoms with van der Waals surface area (Å²) in [6, 6.07) is 9.45.